The van der Waals surface area contributed by atoms with Gasteiger partial charge in [0, 0.05) is 36.5 Å². The topological polar surface area (TPSA) is 83.7 Å². The van der Waals surface area contributed by atoms with Crippen LogP contribution < -0.4 is 10.3 Å². The van der Waals surface area contributed by atoms with Gasteiger partial charge in [-0.2, -0.15) is 5.10 Å². The van der Waals surface area contributed by atoms with Crippen molar-refractivity contribution in [2.24, 2.45) is 5.10 Å². The average Bonchev–Trinajstić information content (AvgIpc) is 3.31. The SMILES string of the molecule is O=[N+]([O-])c1ccc(N2CCCC2)c(C=NNc2nc3ccccc3s2)c1. The fourth-order valence-electron chi connectivity index (χ4n) is 3.08. The van der Waals surface area contributed by atoms with Crippen molar-refractivity contribution in [3.63, 3.8) is 0 Å². The Kier molecular flexibility index (Phi) is 4.49. The van der Waals surface area contributed by atoms with E-state index in [9.17, 15) is 10.1 Å². The Hall–Kier alpha value is -3.00. The molecule has 1 N–H and O–H groups in total. The van der Waals surface area contributed by atoms with Gasteiger partial charge in [-0.1, -0.05) is 23.5 Å². The van der Waals surface area contributed by atoms with Crippen LogP contribution in [0.1, 0.15) is 18.4 Å². The zero-order chi connectivity index (χ0) is 17.9. The Morgan fingerprint density at radius 1 is 1.23 bits per heavy atom. The smallest absolute Gasteiger partial charge is 0.270 e. The van der Waals surface area contributed by atoms with E-state index in [1.165, 1.54) is 11.3 Å². The molecule has 2 aromatic carbocycles. The van der Waals surface area contributed by atoms with Crippen molar-refractivity contribution in [2.45, 2.75) is 12.8 Å². The molecule has 1 fully saturated rings. The van der Waals surface area contributed by atoms with Crippen LogP contribution in [0.5, 0.6) is 0 Å². The molecule has 0 spiro atoms. The number of rotatable bonds is 5. The van der Waals surface area contributed by atoms with Crippen molar-refractivity contribution in [1.82, 2.24) is 4.98 Å². The second-order valence-electron chi connectivity index (χ2n) is 6.05. The lowest BCUT2D eigenvalue weighted by Crippen LogP contribution is -2.19. The summed E-state index contributed by atoms with van der Waals surface area (Å²) in [4.78, 5) is 17.4. The Labute approximate surface area is 154 Å². The summed E-state index contributed by atoms with van der Waals surface area (Å²) in [6.07, 6.45) is 3.90. The zero-order valence-corrected chi connectivity index (χ0v) is 14.8. The summed E-state index contributed by atoms with van der Waals surface area (Å²) in [7, 11) is 0. The normalized spacial score (nSPS) is 14.4. The molecular weight excluding hydrogens is 350 g/mol. The van der Waals surface area contributed by atoms with Gasteiger partial charge in [0.1, 0.15) is 0 Å². The maximum Gasteiger partial charge on any atom is 0.270 e. The van der Waals surface area contributed by atoms with E-state index in [1.54, 1.807) is 18.3 Å². The zero-order valence-electron chi connectivity index (χ0n) is 14.0. The fourth-order valence-corrected chi connectivity index (χ4v) is 3.90. The molecule has 1 saturated heterocycles. The molecule has 7 nitrogen and oxygen atoms in total. The summed E-state index contributed by atoms with van der Waals surface area (Å²) < 4.78 is 1.08. The Balaban J connectivity index is 1.59. The first-order chi connectivity index (χ1) is 12.7. The Morgan fingerprint density at radius 3 is 2.81 bits per heavy atom. The average molecular weight is 367 g/mol. The molecule has 0 aliphatic carbocycles. The minimum absolute atomic E-state index is 0.0642. The van der Waals surface area contributed by atoms with Gasteiger partial charge in [0.25, 0.3) is 5.69 Å². The highest BCUT2D eigenvalue weighted by Gasteiger charge is 2.17. The molecule has 0 atom stereocenters. The molecule has 1 aliphatic heterocycles. The van der Waals surface area contributed by atoms with E-state index in [0.29, 0.717) is 5.13 Å². The predicted molar refractivity (Wildman–Crippen MR) is 105 cm³/mol. The van der Waals surface area contributed by atoms with Gasteiger partial charge in [0.2, 0.25) is 5.13 Å². The van der Waals surface area contributed by atoms with Gasteiger partial charge in [-0.25, -0.2) is 4.98 Å². The van der Waals surface area contributed by atoms with Gasteiger partial charge >= 0.3 is 0 Å². The molecular formula is C18H17N5O2S. The number of fused-ring (bicyclic) bond motifs is 1. The van der Waals surface area contributed by atoms with E-state index in [1.807, 2.05) is 30.3 Å². The lowest BCUT2D eigenvalue weighted by Gasteiger charge is -2.19. The molecule has 3 aromatic rings. The summed E-state index contributed by atoms with van der Waals surface area (Å²) in [6, 6.07) is 12.8. The first-order valence-electron chi connectivity index (χ1n) is 8.39. The molecule has 0 unspecified atom stereocenters. The number of nitrogens with one attached hydrogen (secondary N) is 1. The summed E-state index contributed by atoms with van der Waals surface area (Å²) in [5.41, 5.74) is 5.63. The molecule has 1 aliphatic rings. The van der Waals surface area contributed by atoms with Gasteiger partial charge in [-0.05, 0) is 31.0 Å². The second kappa shape index (κ2) is 7.09. The number of benzene rings is 2. The summed E-state index contributed by atoms with van der Waals surface area (Å²) >= 11 is 1.52. The van der Waals surface area contributed by atoms with Gasteiger partial charge < -0.3 is 4.90 Å². The van der Waals surface area contributed by atoms with E-state index >= 15 is 0 Å². The lowest BCUT2D eigenvalue weighted by atomic mass is 10.1. The van der Waals surface area contributed by atoms with Gasteiger partial charge in [0.05, 0.1) is 21.4 Å². The maximum atomic E-state index is 11.1. The number of nitro benzene ring substituents is 1. The maximum absolute atomic E-state index is 11.1. The van der Waals surface area contributed by atoms with Crippen molar-refractivity contribution in [1.29, 1.82) is 0 Å². The third-order valence-corrected chi connectivity index (χ3v) is 5.27. The third kappa shape index (κ3) is 3.36. The molecule has 0 saturated carbocycles. The highest BCUT2D eigenvalue weighted by molar-refractivity contribution is 7.22. The number of nitrogens with zero attached hydrogens (tertiary/aromatic N) is 4. The highest BCUT2D eigenvalue weighted by Crippen LogP contribution is 2.28. The van der Waals surface area contributed by atoms with Crippen LogP contribution in [0.15, 0.2) is 47.6 Å². The minimum Gasteiger partial charge on any atom is -0.371 e. The number of para-hydroxylation sites is 1. The second-order valence-corrected chi connectivity index (χ2v) is 7.08. The number of nitro groups is 1. The Morgan fingerprint density at radius 2 is 2.04 bits per heavy atom. The van der Waals surface area contributed by atoms with Crippen LogP contribution in [0.25, 0.3) is 10.2 Å². The molecule has 0 amide bonds. The Bertz CT molecular complexity index is 946. The number of hydrogen-bond acceptors (Lipinski definition) is 7. The van der Waals surface area contributed by atoms with Gasteiger partial charge in [-0.15, -0.1) is 0 Å². The quantitative estimate of drug-likeness (QED) is 0.414. The largest absolute Gasteiger partial charge is 0.371 e. The highest BCUT2D eigenvalue weighted by atomic mass is 32.1. The van der Waals surface area contributed by atoms with E-state index in [-0.39, 0.29) is 10.6 Å². The van der Waals surface area contributed by atoms with E-state index < -0.39 is 0 Å². The number of thiazole rings is 1. The van der Waals surface area contributed by atoms with E-state index in [0.717, 1.165) is 47.4 Å². The third-order valence-electron chi connectivity index (χ3n) is 4.33. The van der Waals surface area contributed by atoms with Crippen molar-refractivity contribution in [3.05, 3.63) is 58.1 Å². The van der Waals surface area contributed by atoms with Gasteiger partial charge in [-0.3, -0.25) is 15.5 Å². The monoisotopic (exact) mass is 367 g/mol. The molecule has 0 bridgehead atoms. The van der Waals surface area contributed by atoms with E-state index in [4.69, 9.17) is 0 Å². The van der Waals surface area contributed by atoms with Crippen LogP contribution in [0.2, 0.25) is 0 Å². The molecule has 26 heavy (non-hydrogen) atoms. The molecule has 0 radical (unpaired) electrons. The predicted octanol–water partition coefficient (Wildman–Crippen LogP) is 4.25. The lowest BCUT2D eigenvalue weighted by molar-refractivity contribution is -0.384. The van der Waals surface area contributed by atoms with Crippen molar-refractivity contribution in [2.75, 3.05) is 23.4 Å². The summed E-state index contributed by atoms with van der Waals surface area (Å²) in [5, 5.41) is 16.1. The number of non-ortho nitro benzene ring substituents is 1. The van der Waals surface area contributed by atoms with Crippen LogP contribution >= 0.6 is 11.3 Å². The van der Waals surface area contributed by atoms with Gasteiger partial charge in [0.15, 0.2) is 0 Å². The molecule has 8 heteroatoms. The molecule has 132 valence electrons. The first-order valence-corrected chi connectivity index (χ1v) is 9.20. The van der Waals surface area contributed by atoms with E-state index in [2.05, 4.69) is 20.4 Å². The first kappa shape index (κ1) is 16.5. The molecule has 2 heterocycles. The number of anilines is 2. The van der Waals surface area contributed by atoms with Crippen molar-refractivity contribution in [3.8, 4) is 0 Å². The fraction of sp³-hybridized carbons (Fsp3) is 0.222. The van der Waals surface area contributed by atoms with Crippen LogP contribution in [-0.2, 0) is 0 Å². The van der Waals surface area contributed by atoms with Crippen LogP contribution in [0, 0.1) is 10.1 Å². The summed E-state index contributed by atoms with van der Waals surface area (Å²) in [5.74, 6) is 0. The van der Waals surface area contributed by atoms with Crippen LogP contribution in [0.4, 0.5) is 16.5 Å². The number of aromatic nitrogens is 1. The minimum atomic E-state index is -0.383. The standard InChI is InChI=1S/C18H17N5O2S/c24-23(25)14-7-8-16(22-9-3-4-10-22)13(11-14)12-19-21-18-20-15-5-1-2-6-17(15)26-18/h1-2,5-8,11-12H,3-4,9-10H2,(H,20,21). The molecule has 1 aromatic heterocycles. The number of hydrazone groups is 1. The van der Waals surface area contributed by atoms with Crippen LogP contribution in [0.3, 0.4) is 0 Å². The number of hydrogen-bond donors (Lipinski definition) is 1. The van der Waals surface area contributed by atoms with Crippen LogP contribution in [-0.4, -0.2) is 29.2 Å². The molecule has 4 rings (SSSR count). The van der Waals surface area contributed by atoms with Crippen molar-refractivity contribution >= 4 is 44.3 Å². The van der Waals surface area contributed by atoms with Crippen molar-refractivity contribution < 1.29 is 4.92 Å². The summed E-state index contributed by atoms with van der Waals surface area (Å²) in [6.45, 7) is 1.92.